The summed E-state index contributed by atoms with van der Waals surface area (Å²) < 4.78 is 0. The van der Waals surface area contributed by atoms with Gasteiger partial charge in [0.25, 0.3) is 0 Å². The summed E-state index contributed by atoms with van der Waals surface area (Å²) in [5.74, 6) is 0. The maximum Gasteiger partial charge on any atom is 0.0759 e. The smallest absolute Gasteiger partial charge is 0.0759 e. The average Bonchev–Trinajstić information content (AvgIpc) is 2.35. The van der Waals surface area contributed by atoms with E-state index in [0.29, 0.717) is 6.54 Å². The summed E-state index contributed by atoms with van der Waals surface area (Å²) in [7, 11) is 4.07. The number of pyridine rings is 1. The number of anilines is 1. The topological polar surface area (TPSA) is 42.1 Å². The quantitative estimate of drug-likeness (QED) is 0.933. The number of rotatable bonds is 4. The minimum atomic E-state index is 0.681. The summed E-state index contributed by atoms with van der Waals surface area (Å²) in [6, 6.07) is 6.08. The second-order valence-electron chi connectivity index (χ2n) is 5.03. The van der Waals surface area contributed by atoms with Crippen molar-refractivity contribution in [1.29, 1.82) is 0 Å². The fraction of sp³-hybridized carbons (Fsp3) is 0.400. The van der Waals surface area contributed by atoms with Crippen molar-refractivity contribution in [2.24, 2.45) is 5.73 Å². The van der Waals surface area contributed by atoms with Crippen molar-refractivity contribution in [3.05, 3.63) is 34.5 Å². The van der Waals surface area contributed by atoms with Crippen LogP contribution >= 0.6 is 11.6 Å². The second kappa shape index (κ2) is 5.76. The predicted molar refractivity (Wildman–Crippen MR) is 83.2 cm³/mol. The third-order valence-electron chi connectivity index (χ3n) is 3.20. The molecule has 0 aliphatic carbocycles. The minimum Gasteiger partial charge on any atom is -0.377 e. The molecule has 0 aliphatic rings. The first-order valence-electron chi connectivity index (χ1n) is 6.50. The van der Waals surface area contributed by atoms with Crippen LogP contribution in [-0.4, -0.2) is 25.6 Å². The van der Waals surface area contributed by atoms with Gasteiger partial charge >= 0.3 is 0 Å². The van der Waals surface area contributed by atoms with Crippen molar-refractivity contribution >= 4 is 28.2 Å². The zero-order chi connectivity index (χ0) is 14.0. The van der Waals surface area contributed by atoms with Crippen molar-refractivity contribution in [2.45, 2.75) is 19.8 Å². The Balaban J connectivity index is 2.69. The number of hydrogen-bond donors (Lipinski definition) is 1. The molecule has 1 aromatic heterocycles. The Bertz CT molecular complexity index is 593. The lowest BCUT2D eigenvalue weighted by molar-refractivity contribution is 0.835. The number of aryl methyl sites for hydroxylation is 2. The van der Waals surface area contributed by atoms with Crippen LogP contribution in [0.3, 0.4) is 0 Å². The highest BCUT2D eigenvalue weighted by Crippen LogP contribution is 2.31. The Kier molecular flexibility index (Phi) is 4.27. The Morgan fingerprint density at radius 3 is 2.63 bits per heavy atom. The SMILES string of the molecule is Cc1cc(N(C)C)c2cc(Cl)cc(CCCN)c2n1. The molecule has 0 saturated heterocycles. The van der Waals surface area contributed by atoms with Crippen molar-refractivity contribution in [3.63, 3.8) is 0 Å². The molecule has 0 amide bonds. The van der Waals surface area contributed by atoms with Gasteiger partial charge in [-0.25, -0.2) is 0 Å². The Labute approximate surface area is 119 Å². The third-order valence-corrected chi connectivity index (χ3v) is 3.41. The van der Waals surface area contributed by atoms with Gasteiger partial charge in [-0.05, 0) is 50.1 Å². The zero-order valence-corrected chi connectivity index (χ0v) is 12.5. The summed E-state index contributed by atoms with van der Waals surface area (Å²) in [5, 5.41) is 1.86. The van der Waals surface area contributed by atoms with Crippen LogP contribution < -0.4 is 10.6 Å². The lowest BCUT2D eigenvalue weighted by Crippen LogP contribution is -2.10. The number of fused-ring (bicyclic) bond motifs is 1. The summed E-state index contributed by atoms with van der Waals surface area (Å²) in [6.07, 6.45) is 1.86. The average molecular weight is 278 g/mol. The van der Waals surface area contributed by atoms with E-state index < -0.39 is 0 Å². The fourth-order valence-corrected chi connectivity index (χ4v) is 2.56. The van der Waals surface area contributed by atoms with E-state index in [1.165, 1.54) is 5.56 Å². The van der Waals surface area contributed by atoms with Gasteiger partial charge in [0, 0.05) is 35.9 Å². The van der Waals surface area contributed by atoms with Crippen LogP contribution in [0, 0.1) is 6.92 Å². The lowest BCUT2D eigenvalue weighted by atomic mass is 10.0. The van der Waals surface area contributed by atoms with E-state index in [1.54, 1.807) is 0 Å². The number of nitrogens with zero attached hydrogens (tertiary/aromatic N) is 2. The Morgan fingerprint density at radius 2 is 2.00 bits per heavy atom. The van der Waals surface area contributed by atoms with E-state index >= 15 is 0 Å². The van der Waals surface area contributed by atoms with E-state index in [-0.39, 0.29) is 0 Å². The van der Waals surface area contributed by atoms with Gasteiger partial charge < -0.3 is 10.6 Å². The van der Waals surface area contributed by atoms with Gasteiger partial charge in [-0.15, -0.1) is 0 Å². The molecule has 1 heterocycles. The molecular formula is C15H20ClN3. The van der Waals surface area contributed by atoms with Crippen LogP contribution in [0.25, 0.3) is 10.9 Å². The highest BCUT2D eigenvalue weighted by Gasteiger charge is 2.11. The second-order valence-corrected chi connectivity index (χ2v) is 5.47. The van der Waals surface area contributed by atoms with Gasteiger partial charge in [-0.2, -0.15) is 0 Å². The number of benzene rings is 1. The van der Waals surface area contributed by atoms with Crippen LogP contribution in [-0.2, 0) is 6.42 Å². The normalized spacial score (nSPS) is 11.0. The third kappa shape index (κ3) is 2.99. The first-order chi connectivity index (χ1) is 9.02. The van der Waals surface area contributed by atoms with E-state index in [1.807, 2.05) is 33.2 Å². The summed E-state index contributed by atoms with van der Waals surface area (Å²) in [4.78, 5) is 6.78. The molecule has 102 valence electrons. The maximum atomic E-state index is 6.24. The zero-order valence-electron chi connectivity index (χ0n) is 11.7. The first-order valence-corrected chi connectivity index (χ1v) is 6.88. The van der Waals surface area contributed by atoms with Crippen molar-refractivity contribution in [1.82, 2.24) is 4.98 Å². The van der Waals surface area contributed by atoms with Crippen molar-refractivity contribution in [2.75, 3.05) is 25.5 Å². The number of aromatic nitrogens is 1. The standard InChI is InChI=1S/C15H20ClN3/c1-10-7-14(19(2)3)13-9-12(16)8-11(5-4-6-17)15(13)18-10/h7-9H,4-6,17H2,1-3H3. The maximum absolute atomic E-state index is 6.24. The number of halogens is 1. The molecule has 0 radical (unpaired) electrons. The molecular weight excluding hydrogens is 258 g/mol. The van der Waals surface area contributed by atoms with Crippen LogP contribution in [0.1, 0.15) is 17.7 Å². The van der Waals surface area contributed by atoms with Crippen LogP contribution in [0.2, 0.25) is 5.02 Å². The van der Waals surface area contributed by atoms with Gasteiger partial charge in [0.2, 0.25) is 0 Å². The number of nitrogens with two attached hydrogens (primary N) is 1. The molecule has 0 saturated carbocycles. The number of hydrogen-bond acceptors (Lipinski definition) is 3. The Hall–Kier alpha value is -1.32. The molecule has 2 aromatic rings. The molecule has 0 spiro atoms. The summed E-state index contributed by atoms with van der Waals surface area (Å²) >= 11 is 6.24. The summed E-state index contributed by atoms with van der Waals surface area (Å²) in [5.41, 5.74) is 10.0. The molecule has 0 aliphatic heterocycles. The van der Waals surface area contributed by atoms with Gasteiger partial charge in [-0.1, -0.05) is 11.6 Å². The molecule has 2 rings (SSSR count). The van der Waals surface area contributed by atoms with Gasteiger partial charge in [0.15, 0.2) is 0 Å². The van der Waals surface area contributed by atoms with Crippen molar-refractivity contribution in [3.8, 4) is 0 Å². The molecule has 2 N–H and O–H groups in total. The van der Waals surface area contributed by atoms with Crippen LogP contribution in [0.15, 0.2) is 18.2 Å². The molecule has 0 unspecified atom stereocenters. The molecule has 3 nitrogen and oxygen atoms in total. The van der Waals surface area contributed by atoms with Crippen LogP contribution in [0.4, 0.5) is 5.69 Å². The highest BCUT2D eigenvalue weighted by molar-refractivity contribution is 6.31. The fourth-order valence-electron chi connectivity index (χ4n) is 2.32. The largest absolute Gasteiger partial charge is 0.377 e. The molecule has 0 fully saturated rings. The molecule has 0 atom stereocenters. The van der Waals surface area contributed by atoms with E-state index in [0.717, 1.165) is 40.1 Å². The lowest BCUT2D eigenvalue weighted by Gasteiger charge is -2.18. The molecule has 19 heavy (non-hydrogen) atoms. The minimum absolute atomic E-state index is 0.681. The molecule has 4 heteroatoms. The van der Waals surface area contributed by atoms with Gasteiger partial charge in [-0.3, -0.25) is 4.98 Å². The van der Waals surface area contributed by atoms with E-state index in [2.05, 4.69) is 16.0 Å². The summed E-state index contributed by atoms with van der Waals surface area (Å²) in [6.45, 7) is 2.70. The van der Waals surface area contributed by atoms with Gasteiger partial charge in [0.05, 0.1) is 5.52 Å². The van der Waals surface area contributed by atoms with E-state index in [9.17, 15) is 0 Å². The molecule has 1 aromatic carbocycles. The highest BCUT2D eigenvalue weighted by atomic mass is 35.5. The predicted octanol–water partition coefficient (Wildman–Crippen LogP) is 3.15. The van der Waals surface area contributed by atoms with Crippen LogP contribution in [0.5, 0.6) is 0 Å². The monoisotopic (exact) mass is 277 g/mol. The molecule has 0 bridgehead atoms. The Morgan fingerprint density at radius 1 is 1.26 bits per heavy atom. The van der Waals surface area contributed by atoms with Gasteiger partial charge in [0.1, 0.15) is 0 Å². The van der Waals surface area contributed by atoms with E-state index in [4.69, 9.17) is 17.3 Å². The first kappa shape index (κ1) is 14.1. The van der Waals surface area contributed by atoms with Crippen molar-refractivity contribution < 1.29 is 0 Å².